The molecule has 0 amide bonds. The molecule has 0 radical (unpaired) electrons. The van der Waals surface area contributed by atoms with Gasteiger partial charge >= 0.3 is 0 Å². The number of fused-ring (bicyclic) bond motifs is 1. The predicted molar refractivity (Wildman–Crippen MR) is 78.9 cm³/mol. The Morgan fingerprint density at radius 3 is 3.19 bits per heavy atom. The van der Waals surface area contributed by atoms with Crippen molar-refractivity contribution in [2.24, 2.45) is 0 Å². The average Bonchev–Trinajstić information content (AvgIpc) is 2.49. The van der Waals surface area contributed by atoms with E-state index in [2.05, 4.69) is 21.3 Å². The molecule has 1 saturated heterocycles. The lowest BCUT2D eigenvalue weighted by Gasteiger charge is -2.31. The van der Waals surface area contributed by atoms with Crippen LogP contribution in [0, 0.1) is 18.3 Å². The topological polar surface area (TPSA) is 73.4 Å². The van der Waals surface area contributed by atoms with Crippen molar-refractivity contribution >= 4 is 5.65 Å². The average molecular weight is 283 g/mol. The van der Waals surface area contributed by atoms with Crippen molar-refractivity contribution in [3.8, 4) is 6.07 Å². The summed E-state index contributed by atoms with van der Waals surface area (Å²) in [5, 5.41) is 12.4. The molecule has 0 aromatic carbocycles. The summed E-state index contributed by atoms with van der Waals surface area (Å²) in [4.78, 5) is 18.8. The second kappa shape index (κ2) is 5.64. The van der Waals surface area contributed by atoms with E-state index in [-0.39, 0.29) is 11.6 Å². The fraction of sp³-hybridized carbons (Fsp3) is 0.400. The summed E-state index contributed by atoms with van der Waals surface area (Å²) in [5.41, 5.74) is 2.30. The van der Waals surface area contributed by atoms with Crippen LogP contribution < -0.4 is 10.9 Å². The number of nitrogens with one attached hydrogen (secondary N) is 1. The molecule has 6 nitrogen and oxygen atoms in total. The van der Waals surface area contributed by atoms with Gasteiger partial charge in [0.1, 0.15) is 11.7 Å². The largest absolute Gasteiger partial charge is 0.313 e. The molecule has 21 heavy (non-hydrogen) atoms. The second-order valence-corrected chi connectivity index (χ2v) is 5.34. The molecule has 0 spiro atoms. The molecule has 0 bridgehead atoms. The summed E-state index contributed by atoms with van der Waals surface area (Å²) in [6.07, 6.45) is 1.79. The smallest absolute Gasteiger partial charge is 0.258 e. The van der Waals surface area contributed by atoms with E-state index in [0.717, 1.165) is 18.7 Å². The first-order chi connectivity index (χ1) is 10.2. The van der Waals surface area contributed by atoms with Crippen LogP contribution in [0.3, 0.4) is 0 Å². The predicted octanol–water partition coefficient (Wildman–Crippen LogP) is 0.300. The van der Waals surface area contributed by atoms with Gasteiger partial charge in [0.05, 0.1) is 11.8 Å². The van der Waals surface area contributed by atoms with E-state index in [4.69, 9.17) is 0 Å². The van der Waals surface area contributed by atoms with Gasteiger partial charge in [-0.05, 0) is 18.6 Å². The molecular formula is C15H17N5O. The Hall–Kier alpha value is -2.23. The minimum atomic E-state index is -0.169. The summed E-state index contributed by atoms with van der Waals surface area (Å²) < 4.78 is 1.55. The molecule has 2 aromatic heterocycles. The molecule has 3 rings (SSSR count). The summed E-state index contributed by atoms with van der Waals surface area (Å²) in [7, 11) is 0. The van der Waals surface area contributed by atoms with Crippen molar-refractivity contribution in [1.82, 2.24) is 19.6 Å². The minimum Gasteiger partial charge on any atom is -0.313 e. The molecule has 0 saturated carbocycles. The van der Waals surface area contributed by atoms with Crippen LogP contribution in [-0.2, 0) is 6.54 Å². The highest BCUT2D eigenvalue weighted by atomic mass is 16.1. The monoisotopic (exact) mass is 283 g/mol. The number of hydrogen-bond donors (Lipinski definition) is 1. The maximum atomic E-state index is 12.2. The first-order valence-corrected chi connectivity index (χ1v) is 7.01. The zero-order valence-corrected chi connectivity index (χ0v) is 11.9. The van der Waals surface area contributed by atoms with E-state index in [1.807, 2.05) is 19.1 Å². The molecule has 1 aliphatic heterocycles. The Kier molecular flexibility index (Phi) is 3.69. The van der Waals surface area contributed by atoms with Crippen molar-refractivity contribution in [1.29, 1.82) is 5.26 Å². The van der Waals surface area contributed by atoms with Crippen LogP contribution in [0.1, 0.15) is 11.3 Å². The van der Waals surface area contributed by atoms with Gasteiger partial charge in [-0.25, -0.2) is 4.98 Å². The molecule has 1 unspecified atom stereocenters. The van der Waals surface area contributed by atoms with Gasteiger partial charge < -0.3 is 5.32 Å². The Morgan fingerprint density at radius 2 is 2.38 bits per heavy atom. The number of nitriles is 1. The maximum absolute atomic E-state index is 12.2. The molecule has 1 aliphatic rings. The van der Waals surface area contributed by atoms with Gasteiger partial charge in [0.25, 0.3) is 5.56 Å². The van der Waals surface area contributed by atoms with E-state index >= 15 is 0 Å². The van der Waals surface area contributed by atoms with E-state index in [1.165, 1.54) is 0 Å². The standard InChI is InChI=1S/C15H17N5O/c1-11-2-3-14-18-12(6-15(21)20(14)9-11)10-19-5-4-17-8-13(19)7-16/h2-3,6,9,13,17H,4-5,8,10H2,1H3. The maximum Gasteiger partial charge on any atom is 0.258 e. The van der Waals surface area contributed by atoms with Gasteiger partial charge in [-0.2, -0.15) is 5.26 Å². The molecule has 3 heterocycles. The van der Waals surface area contributed by atoms with Crippen LogP contribution in [0.15, 0.2) is 29.2 Å². The van der Waals surface area contributed by atoms with Crippen LogP contribution >= 0.6 is 0 Å². The highest BCUT2D eigenvalue weighted by molar-refractivity contribution is 5.39. The van der Waals surface area contributed by atoms with E-state index < -0.39 is 0 Å². The van der Waals surface area contributed by atoms with E-state index in [0.29, 0.717) is 24.4 Å². The summed E-state index contributed by atoms with van der Waals surface area (Å²) in [6.45, 7) is 4.76. The van der Waals surface area contributed by atoms with Gasteiger partial charge in [0, 0.05) is 38.4 Å². The van der Waals surface area contributed by atoms with Crippen molar-refractivity contribution in [2.45, 2.75) is 19.5 Å². The summed E-state index contributed by atoms with van der Waals surface area (Å²) >= 11 is 0. The van der Waals surface area contributed by atoms with Crippen molar-refractivity contribution in [2.75, 3.05) is 19.6 Å². The van der Waals surface area contributed by atoms with Crippen LogP contribution in [0.2, 0.25) is 0 Å². The molecule has 1 atom stereocenters. The van der Waals surface area contributed by atoms with Crippen LogP contribution in [0.4, 0.5) is 0 Å². The molecular weight excluding hydrogens is 266 g/mol. The zero-order valence-electron chi connectivity index (χ0n) is 11.9. The lowest BCUT2D eigenvalue weighted by Crippen LogP contribution is -2.50. The van der Waals surface area contributed by atoms with Gasteiger partial charge in [-0.3, -0.25) is 14.1 Å². The Bertz CT molecular complexity index is 761. The van der Waals surface area contributed by atoms with Crippen LogP contribution in [0.25, 0.3) is 5.65 Å². The molecule has 6 heteroatoms. The van der Waals surface area contributed by atoms with Gasteiger partial charge in [-0.15, -0.1) is 0 Å². The normalized spacial score (nSPS) is 19.5. The third kappa shape index (κ3) is 2.79. The molecule has 108 valence electrons. The van der Waals surface area contributed by atoms with Crippen molar-refractivity contribution in [3.05, 3.63) is 46.0 Å². The third-order valence-electron chi connectivity index (χ3n) is 3.73. The van der Waals surface area contributed by atoms with Crippen molar-refractivity contribution < 1.29 is 0 Å². The number of hydrogen-bond acceptors (Lipinski definition) is 5. The lowest BCUT2D eigenvalue weighted by molar-refractivity contribution is 0.187. The zero-order chi connectivity index (χ0) is 14.8. The number of piperazine rings is 1. The fourth-order valence-corrected chi connectivity index (χ4v) is 2.61. The SMILES string of the molecule is Cc1ccc2nc(CN3CCNCC3C#N)cc(=O)n2c1. The quantitative estimate of drug-likeness (QED) is 0.858. The highest BCUT2D eigenvalue weighted by Gasteiger charge is 2.22. The first-order valence-electron chi connectivity index (χ1n) is 7.01. The number of aryl methyl sites for hydroxylation is 1. The molecule has 0 aliphatic carbocycles. The van der Waals surface area contributed by atoms with Crippen molar-refractivity contribution in [3.63, 3.8) is 0 Å². The molecule has 1 N–H and O–H groups in total. The van der Waals surface area contributed by atoms with Gasteiger partial charge in [-0.1, -0.05) is 6.07 Å². The highest BCUT2D eigenvalue weighted by Crippen LogP contribution is 2.09. The van der Waals surface area contributed by atoms with E-state index in [9.17, 15) is 10.1 Å². The first kappa shape index (κ1) is 13.7. The Morgan fingerprint density at radius 1 is 1.52 bits per heavy atom. The number of pyridine rings is 1. The van der Waals surface area contributed by atoms with E-state index in [1.54, 1.807) is 16.7 Å². The Labute approximate surface area is 122 Å². The fourth-order valence-electron chi connectivity index (χ4n) is 2.61. The third-order valence-corrected chi connectivity index (χ3v) is 3.73. The second-order valence-electron chi connectivity index (χ2n) is 5.34. The minimum absolute atomic E-state index is 0.0812. The summed E-state index contributed by atoms with van der Waals surface area (Å²) in [6, 6.07) is 7.46. The number of nitrogens with zero attached hydrogens (tertiary/aromatic N) is 4. The Balaban J connectivity index is 1.92. The summed E-state index contributed by atoms with van der Waals surface area (Å²) in [5.74, 6) is 0. The molecule has 2 aromatic rings. The van der Waals surface area contributed by atoms with Crippen LogP contribution in [0.5, 0.6) is 0 Å². The lowest BCUT2D eigenvalue weighted by atomic mass is 10.2. The van der Waals surface area contributed by atoms with Gasteiger partial charge in [0.2, 0.25) is 0 Å². The number of aromatic nitrogens is 2. The van der Waals surface area contributed by atoms with Gasteiger partial charge in [0.15, 0.2) is 0 Å². The molecule has 1 fully saturated rings. The van der Waals surface area contributed by atoms with Crippen LogP contribution in [-0.4, -0.2) is 40.0 Å². The number of rotatable bonds is 2.